The van der Waals surface area contributed by atoms with Crippen LogP contribution in [0, 0.1) is 0 Å². The van der Waals surface area contributed by atoms with Gasteiger partial charge in [0, 0.05) is 27.7 Å². The molecule has 0 saturated carbocycles. The van der Waals surface area contributed by atoms with Gasteiger partial charge in [-0.1, -0.05) is 273 Å². The molecule has 15 aromatic rings. The lowest BCUT2D eigenvalue weighted by molar-refractivity contribution is 0.202. The average Bonchev–Trinajstić information content (AvgIpc) is 0.738. The highest BCUT2D eigenvalue weighted by molar-refractivity contribution is 6.02. The summed E-state index contributed by atoms with van der Waals surface area (Å²) in [4.78, 5) is 0. The summed E-state index contributed by atoms with van der Waals surface area (Å²) in [6.07, 6.45) is 0. The predicted molar refractivity (Wildman–Crippen MR) is 384 cm³/mol. The van der Waals surface area contributed by atoms with Crippen molar-refractivity contribution in [2.24, 2.45) is 0 Å². The van der Waals surface area contributed by atoms with Gasteiger partial charge in [-0.15, -0.1) is 0 Å². The molecule has 0 bridgehead atoms. The molecule has 442 valence electrons. The van der Waals surface area contributed by atoms with Crippen LogP contribution in [0.2, 0.25) is 0 Å². The standard InChI is InChI=1S/C88H66O4/c1-88(71-37-3-2-4-38-71,72-55-82(67-33-13-29-63(51-67)78-43-17-25-59-21-5-9-39-74(59)78)86(91-49-47-89)83(56-72)68-34-14-30-64(52-68)79-44-18-26-60-22-6-10-40-75(60)79)73-57-84(69-35-15-31-65(53-69)80-45-19-27-61-23-7-11-41-76(61)80)87(92-50-48-90)85(58-73)70-36-16-32-66(54-70)81-46-20-28-62-24-8-12-42-77(62)81/h2-46,51-58,89-90H,47-50H2,1H3. The van der Waals surface area contributed by atoms with Crippen molar-refractivity contribution in [2.75, 3.05) is 26.4 Å². The third kappa shape index (κ3) is 10.8. The molecular weight excluding hydrogens is 1120 g/mol. The van der Waals surface area contributed by atoms with Crippen molar-refractivity contribution in [3.63, 3.8) is 0 Å². The molecule has 2 N–H and O–H groups in total. The van der Waals surface area contributed by atoms with E-state index in [1.807, 2.05) is 0 Å². The minimum absolute atomic E-state index is 0.0824. The second kappa shape index (κ2) is 25.0. The molecule has 0 saturated heterocycles. The molecular formula is C88H66O4. The lowest BCUT2D eigenvalue weighted by Crippen LogP contribution is -2.26. The van der Waals surface area contributed by atoms with Gasteiger partial charge in [0.15, 0.2) is 0 Å². The van der Waals surface area contributed by atoms with Gasteiger partial charge in [0.2, 0.25) is 0 Å². The Balaban J connectivity index is 1.03. The Labute approximate surface area is 537 Å². The summed E-state index contributed by atoms with van der Waals surface area (Å²) in [5.41, 5.74) is 18.5. The number of benzene rings is 15. The molecule has 4 nitrogen and oxygen atoms in total. The van der Waals surface area contributed by atoms with E-state index in [0.29, 0.717) is 11.5 Å². The Morgan fingerprint density at radius 3 is 0.761 bits per heavy atom. The van der Waals surface area contributed by atoms with Crippen LogP contribution < -0.4 is 9.47 Å². The third-order valence-corrected chi connectivity index (χ3v) is 18.5. The van der Waals surface area contributed by atoms with Gasteiger partial charge in [-0.2, -0.15) is 0 Å². The fourth-order valence-corrected chi connectivity index (χ4v) is 13.9. The zero-order chi connectivity index (χ0) is 62.0. The SMILES string of the molecule is CC(c1ccccc1)(c1cc(-c2cccc(-c3cccc4ccccc34)c2)c(OCCO)c(-c2cccc(-c3cccc4ccccc34)c2)c1)c1cc(-c2cccc(-c3cccc4ccccc34)c2)c(OCCO)c(-c2cccc(-c3cccc4ccccc34)c2)c1. The van der Waals surface area contributed by atoms with E-state index in [9.17, 15) is 10.2 Å². The van der Waals surface area contributed by atoms with E-state index in [-0.39, 0.29) is 26.4 Å². The van der Waals surface area contributed by atoms with E-state index in [4.69, 9.17) is 9.47 Å². The lowest BCUT2D eigenvalue weighted by atomic mass is 9.68. The fraction of sp³-hybridized carbons (Fsp3) is 0.0682. The van der Waals surface area contributed by atoms with Crippen molar-refractivity contribution in [1.82, 2.24) is 0 Å². The first-order chi connectivity index (χ1) is 45.4. The van der Waals surface area contributed by atoms with Gasteiger partial charge in [-0.05, 0) is 182 Å². The number of aliphatic hydroxyl groups is 2. The first-order valence-electron chi connectivity index (χ1n) is 31.7. The largest absolute Gasteiger partial charge is 0.490 e. The minimum atomic E-state index is -0.903. The summed E-state index contributed by atoms with van der Waals surface area (Å²) in [6, 6.07) is 116. The van der Waals surface area contributed by atoms with Gasteiger partial charge in [0.25, 0.3) is 0 Å². The van der Waals surface area contributed by atoms with E-state index in [1.54, 1.807) is 0 Å². The lowest BCUT2D eigenvalue weighted by Gasteiger charge is -2.35. The number of hydrogen-bond donors (Lipinski definition) is 2. The molecule has 92 heavy (non-hydrogen) atoms. The molecule has 0 radical (unpaired) electrons. The number of fused-ring (bicyclic) bond motifs is 4. The van der Waals surface area contributed by atoms with Crippen molar-refractivity contribution in [3.05, 3.63) is 338 Å². The summed E-state index contributed by atoms with van der Waals surface area (Å²) in [5, 5.41) is 30.8. The van der Waals surface area contributed by atoms with Crippen LogP contribution in [0.15, 0.2) is 322 Å². The normalized spacial score (nSPS) is 11.6. The molecule has 0 aromatic heterocycles. The molecule has 15 rings (SSSR count). The molecule has 4 heteroatoms. The highest BCUT2D eigenvalue weighted by Gasteiger charge is 2.36. The van der Waals surface area contributed by atoms with Crippen molar-refractivity contribution in [1.29, 1.82) is 0 Å². The monoisotopic (exact) mass is 1190 g/mol. The molecule has 0 heterocycles. The second-order valence-electron chi connectivity index (χ2n) is 23.9. The van der Waals surface area contributed by atoms with Crippen molar-refractivity contribution >= 4 is 43.1 Å². The minimum Gasteiger partial charge on any atom is -0.490 e. The maximum absolute atomic E-state index is 10.7. The van der Waals surface area contributed by atoms with E-state index in [0.717, 1.165) is 106 Å². The van der Waals surface area contributed by atoms with Crippen LogP contribution in [0.25, 0.3) is 132 Å². The van der Waals surface area contributed by atoms with Gasteiger partial charge in [0.05, 0.1) is 13.2 Å². The Morgan fingerprint density at radius 2 is 0.478 bits per heavy atom. The average molecular weight is 1190 g/mol. The highest BCUT2D eigenvalue weighted by Crippen LogP contribution is 2.52. The molecule has 0 aliphatic rings. The molecule has 0 unspecified atom stereocenters. The molecule has 0 atom stereocenters. The molecule has 0 amide bonds. The van der Waals surface area contributed by atoms with Crippen LogP contribution in [0.3, 0.4) is 0 Å². The van der Waals surface area contributed by atoms with Gasteiger partial charge < -0.3 is 19.7 Å². The molecule has 0 aliphatic carbocycles. The smallest absolute Gasteiger partial charge is 0.135 e. The van der Waals surface area contributed by atoms with E-state index in [2.05, 4.69) is 328 Å². The predicted octanol–water partition coefficient (Wildman–Crippen LogP) is 21.7. The van der Waals surface area contributed by atoms with Crippen LogP contribution in [0.5, 0.6) is 11.5 Å². The van der Waals surface area contributed by atoms with Gasteiger partial charge in [-0.3, -0.25) is 0 Å². The third-order valence-electron chi connectivity index (χ3n) is 18.5. The van der Waals surface area contributed by atoms with Crippen LogP contribution in [0.4, 0.5) is 0 Å². The van der Waals surface area contributed by atoms with Gasteiger partial charge in [-0.25, -0.2) is 0 Å². The second-order valence-corrected chi connectivity index (χ2v) is 23.9. The Kier molecular flexibility index (Phi) is 15.6. The van der Waals surface area contributed by atoms with E-state index < -0.39 is 5.41 Å². The summed E-state index contributed by atoms with van der Waals surface area (Å²) < 4.78 is 14.0. The molecule has 15 aromatic carbocycles. The Morgan fingerprint density at radius 1 is 0.239 bits per heavy atom. The van der Waals surface area contributed by atoms with Crippen molar-refractivity contribution in [2.45, 2.75) is 12.3 Å². The number of aliphatic hydroxyl groups excluding tert-OH is 2. The van der Waals surface area contributed by atoms with Crippen molar-refractivity contribution in [3.8, 4) is 101 Å². The summed E-state index contributed by atoms with van der Waals surface area (Å²) in [5.74, 6) is 1.35. The zero-order valence-electron chi connectivity index (χ0n) is 51.1. The zero-order valence-corrected chi connectivity index (χ0v) is 51.1. The summed E-state index contributed by atoms with van der Waals surface area (Å²) in [7, 11) is 0. The Bertz CT molecular complexity index is 4620. The van der Waals surface area contributed by atoms with Crippen LogP contribution in [-0.2, 0) is 5.41 Å². The van der Waals surface area contributed by atoms with E-state index >= 15 is 0 Å². The topological polar surface area (TPSA) is 58.9 Å². The number of hydrogen-bond acceptors (Lipinski definition) is 4. The molecule has 0 aliphatic heterocycles. The quantitative estimate of drug-likeness (QED) is 0.0892. The van der Waals surface area contributed by atoms with Gasteiger partial charge in [0.1, 0.15) is 24.7 Å². The van der Waals surface area contributed by atoms with Crippen LogP contribution in [-0.4, -0.2) is 36.6 Å². The summed E-state index contributed by atoms with van der Waals surface area (Å²) >= 11 is 0. The molecule has 0 fully saturated rings. The number of rotatable bonds is 17. The van der Waals surface area contributed by atoms with Crippen LogP contribution in [0.1, 0.15) is 23.6 Å². The van der Waals surface area contributed by atoms with Gasteiger partial charge >= 0.3 is 0 Å². The fourth-order valence-electron chi connectivity index (χ4n) is 13.9. The summed E-state index contributed by atoms with van der Waals surface area (Å²) in [6.45, 7) is 2.18. The highest BCUT2D eigenvalue weighted by atomic mass is 16.5. The van der Waals surface area contributed by atoms with E-state index in [1.165, 1.54) is 43.1 Å². The first kappa shape index (κ1) is 57.3. The maximum Gasteiger partial charge on any atom is 0.135 e. The van der Waals surface area contributed by atoms with Crippen molar-refractivity contribution < 1.29 is 19.7 Å². The Hall–Kier alpha value is -11.1. The first-order valence-corrected chi connectivity index (χ1v) is 31.7. The maximum atomic E-state index is 10.7. The van der Waals surface area contributed by atoms with Crippen LogP contribution >= 0.6 is 0 Å². The number of ether oxygens (including phenoxy) is 2. The molecule has 0 spiro atoms.